The van der Waals surface area contributed by atoms with Gasteiger partial charge in [0.15, 0.2) is 0 Å². The third-order valence-corrected chi connectivity index (χ3v) is 6.67. The van der Waals surface area contributed by atoms with Gasteiger partial charge in [0.2, 0.25) is 0 Å². The van der Waals surface area contributed by atoms with E-state index in [2.05, 4.69) is 115 Å². The van der Waals surface area contributed by atoms with Crippen molar-refractivity contribution in [3.8, 4) is 11.1 Å². The average Bonchev–Trinajstić information content (AvgIpc) is 3.17. The van der Waals surface area contributed by atoms with E-state index in [0.29, 0.717) is 0 Å². The summed E-state index contributed by atoms with van der Waals surface area (Å²) >= 11 is 0. The summed E-state index contributed by atoms with van der Waals surface area (Å²) in [5, 5.41) is 5.15. The molecule has 167 valence electrons. The third kappa shape index (κ3) is 4.60. The minimum Gasteiger partial charge on any atom is -0.368 e. The molecule has 0 spiro atoms. The molecule has 0 bridgehead atoms. The molecule has 0 N–H and O–H groups in total. The number of anilines is 1. The van der Waals surface area contributed by atoms with Crippen LogP contribution >= 0.6 is 0 Å². The van der Waals surface area contributed by atoms with Gasteiger partial charge in [0.05, 0.1) is 6.04 Å². The Balaban J connectivity index is 1.56. The number of hydrogen-bond acceptors (Lipinski definition) is 1. The van der Waals surface area contributed by atoms with Gasteiger partial charge in [-0.1, -0.05) is 77.9 Å². The van der Waals surface area contributed by atoms with E-state index in [9.17, 15) is 0 Å². The van der Waals surface area contributed by atoms with Crippen LogP contribution in [0, 0.1) is 20.8 Å². The summed E-state index contributed by atoms with van der Waals surface area (Å²) < 4.78 is 2.44. The Morgan fingerprint density at radius 3 is 2.18 bits per heavy atom. The number of nitrogens with zero attached hydrogens (tertiary/aromatic N) is 3. The standard InChI is InChI=1S/C30H32N3/c1-22-9-13-25(14-10-22)20-33-19-24(3)29(26-15-11-23(2)12-16-26)30(33)28-21-32(18-17-31-28)27-7-5-4-6-8-27/h4-16,19,28H,17-18,20-21H2,1-3H3. The molecule has 1 aliphatic rings. The zero-order valence-corrected chi connectivity index (χ0v) is 19.8. The Bertz CT molecular complexity index is 1200. The van der Waals surface area contributed by atoms with Crippen LogP contribution in [0.2, 0.25) is 0 Å². The fourth-order valence-corrected chi connectivity index (χ4v) is 4.93. The molecule has 33 heavy (non-hydrogen) atoms. The van der Waals surface area contributed by atoms with Gasteiger partial charge >= 0.3 is 0 Å². The van der Waals surface area contributed by atoms with Crippen molar-refractivity contribution < 1.29 is 0 Å². The van der Waals surface area contributed by atoms with Crippen LogP contribution in [0.5, 0.6) is 0 Å². The van der Waals surface area contributed by atoms with E-state index in [1.807, 2.05) is 0 Å². The highest BCUT2D eigenvalue weighted by molar-refractivity contribution is 5.71. The summed E-state index contributed by atoms with van der Waals surface area (Å²) in [5.41, 5.74) is 10.4. The second-order valence-electron chi connectivity index (χ2n) is 9.26. The molecule has 1 aliphatic heterocycles. The number of rotatable bonds is 5. The number of para-hydroxylation sites is 1. The average molecular weight is 435 g/mol. The molecule has 1 atom stereocenters. The van der Waals surface area contributed by atoms with Crippen molar-refractivity contribution in [1.29, 1.82) is 0 Å². The topological polar surface area (TPSA) is 22.3 Å². The van der Waals surface area contributed by atoms with Gasteiger partial charge in [0.1, 0.15) is 0 Å². The maximum atomic E-state index is 5.15. The van der Waals surface area contributed by atoms with E-state index in [0.717, 1.165) is 26.2 Å². The van der Waals surface area contributed by atoms with Gasteiger partial charge in [-0.15, -0.1) is 0 Å². The molecule has 4 aromatic rings. The largest absolute Gasteiger partial charge is 0.368 e. The van der Waals surface area contributed by atoms with Crippen molar-refractivity contribution in [2.24, 2.45) is 0 Å². The van der Waals surface area contributed by atoms with Gasteiger partial charge in [-0.3, -0.25) is 0 Å². The lowest BCUT2D eigenvalue weighted by Crippen LogP contribution is -2.43. The third-order valence-electron chi connectivity index (χ3n) is 6.67. The molecule has 1 saturated heterocycles. The van der Waals surface area contributed by atoms with E-state index in [1.165, 1.54) is 44.8 Å². The summed E-state index contributed by atoms with van der Waals surface area (Å²) in [7, 11) is 0. The molecule has 1 unspecified atom stereocenters. The fraction of sp³-hybridized carbons (Fsp3) is 0.267. The predicted molar refractivity (Wildman–Crippen MR) is 138 cm³/mol. The summed E-state index contributed by atoms with van der Waals surface area (Å²) in [6.07, 6.45) is 2.32. The van der Waals surface area contributed by atoms with Crippen LogP contribution in [0.25, 0.3) is 11.1 Å². The maximum Gasteiger partial charge on any atom is 0.0829 e. The minimum atomic E-state index is 0.134. The maximum absolute atomic E-state index is 5.15. The van der Waals surface area contributed by atoms with Crippen LogP contribution in [0.4, 0.5) is 5.69 Å². The molecule has 2 heterocycles. The second kappa shape index (κ2) is 9.29. The van der Waals surface area contributed by atoms with Crippen LogP contribution in [0.1, 0.15) is 34.0 Å². The Morgan fingerprint density at radius 2 is 1.48 bits per heavy atom. The van der Waals surface area contributed by atoms with E-state index in [4.69, 9.17) is 5.32 Å². The first-order valence-corrected chi connectivity index (χ1v) is 11.9. The lowest BCUT2D eigenvalue weighted by molar-refractivity contribution is 0.442. The molecule has 1 aromatic heterocycles. The van der Waals surface area contributed by atoms with Crippen LogP contribution in [0.15, 0.2) is 85.1 Å². The molecule has 0 amide bonds. The highest BCUT2D eigenvalue weighted by Gasteiger charge is 2.28. The van der Waals surface area contributed by atoms with E-state index in [-0.39, 0.29) is 6.04 Å². The zero-order valence-electron chi connectivity index (χ0n) is 19.8. The number of hydrogen-bond donors (Lipinski definition) is 0. The minimum absolute atomic E-state index is 0.134. The molecule has 1 fully saturated rings. The summed E-state index contributed by atoms with van der Waals surface area (Å²) in [6.45, 7) is 10.1. The van der Waals surface area contributed by atoms with Crippen LogP contribution in [-0.4, -0.2) is 24.2 Å². The molecular weight excluding hydrogens is 402 g/mol. The first-order chi connectivity index (χ1) is 16.1. The highest BCUT2D eigenvalue weighted by Crippen LogP contribution is 2.36. The van der Waals surface area contributed by atoms with Crippen molar-refractivity contribution in [3.05, 3.63) is 113 Å². The van der Waals surface area contributed by atoms with Crippen molar-refractivity contribution in [2.75, 3.05) is 24.5 Å². The predicted octanol–water partition coefficient (Wildman–Crippen LogP) is 6.29. The van der Waals surface area contributed by atoms with Crippen LogP contribution in [0.3, 0.4) is 0 Å². The van der Waals surface area contributed by atoms with Gasteiger partial charge in [0.25, 0.3) is 0 Å². The first-order valence-electron chi connectivity index (χ1n) is 11.9. The fourth-order valence-electron chi connectivity index (χ4n) is 4.93. The highest BCUT2D eigenvalue weighted by atomic mass is 15.2. The lowest BCUT2D eigenvalue weighted by atomic mass is 9.96. The summed E-state index contributed by atoms with van der Waals surface area (Å²) in [5.74, 6) is 0. The molecule has 3 heteroatoms. The Hall–Kier alpha value is -3.30. The van der Waals surface area contributed by atoms with Crippen LogP contribution in [-0.2, 0) is 6.54 Å². The molecule has 0 aliphatic carbocycles. The quantitative estimate of drug-likeness (QED) is 0.362. The number of aromatic nitrogens is 1. The molecule has 3 aromatic carbocycles. The Kier molecular flexibility index (Phi) is 6.06. The smallest absolute Gasteiger partial charge is 0.0829 e. The normalized spacial score (nSPS) is 16.2. The summed E-state index contributed by atoms with van der Waals surface area (Å²) in [4.78, 5) is 2.48. The van der Waals surface area contributed by atoms with Gasteiger partial charge in [-0.2, -0.15) is 0 Å². The Labute approximate surface area is 197 Å². The molecular formula is C30H32N3. The number of aryl methyl sites for hydroxylation is 3. The van der Waals surface area contributed by atoms with Gasteiger partial charge in [-0.05, 0) is 49.6 Å². The number of piperazine rings is 1. The number of benzene rings is 3. The van der Waals surface area contributed by atoms with Crippen molar-refractivity contribution in [1.82, 2.24) is 9.88 Å². The first kappa shape index (κ1) is 21.5. The zero-order chi connectivity index (χ0) is 22.8. The molecule has 0 saturated carbocycles. The lowest BCUT2D eigenvalue weighted by Gasteiger charge is -2.35. The Morgan fingerprint density at radius 1 is 0.818 bits per heavy atom. The van der Waals surface area contributed by atoms with Crippen molar-refractivity contribution in [3.63, 3.8) is 0 Å². The SMILES string of the molecule is Cc1ccc(Cn2cc(C)c(-c3ccc(C)cc3)c2C2CN(c3ccccc3)CC[N]2)cc1. The molecule has 1 radical (unpaired) electrons. The van der Waals surface area contributed by atoms with Crippen LogP contribution < -0.4 is 10.2 Å². The monoisotopic (exact) mass is 434 g/mol. The second-order valence-corrected chi connectivity index (χ2v) is 9.26. The van der Waals surface area contributed by atoms with Gasteiger partial charge in [0, 0.05) is 49.3 Å². The van der Waals surface area contributed by atoms with Crippen molar-refractivity contribution in [2.45, 2.75) is 33.4 Å². The molecule has 5 rings (SSSR count). The van der Waals surface area contributed by atoms with Gasteiger partial charge in [-0.25, -0.2) is 5.32 Å². The van der Waals surface area contributed by atoms with E-state index < -0.39 is 0 Å². The van der Waals surface area contributed by atoms with Gasteiger partial charge < -0.3 is 9.47 Å². The summed E-state index contributed by atoms with van der Waals surface area (Å²) in [6, 6.07) is 28.7. The van der Waals surface area contributed by atoms with E-state index in [1.54, 1.807) is 0 Å². The van der Waals surface area contributed by atoms with Crippen molar-refractivity contribution >= 4 is 5.69 Å². The van der Waals surface area contributed by atoms with E-state index >= 15 is 0 Å². The molecule has 3 nitrogen and oxygen atoms in total.